The Bertz CT molecular complexity index is 525. The number of nitrogens with zero attached hydrogens (tertiary/aromatic N) is 1. The lowest BCUT2D eigenvalue weighted by atomic mass is 9.79. The number of carboxylic acid groups (broad SMARTS) is 1. The molecule has 0 bridgehead atoms. The van der Waals surface area contributed by atoms with Crippen molar-refractivity contribution in [2.45, 2.75) is 45.6 Å². The summed E-state index contributed by atoms with van der Waals surface area (Å²) in [4.78, 5) is 13.5. The van der Waals surface area contributed by atoms with Gasteiger partial charge in [-0.1, -0.05) is 18.5 Å². The summed E-state index contributed by atoms with van der Waals surface area (Å²) in [6, 6.07) is 3.55. The van der Waals surface area contributed by atoms with Crippen molar-refractivity contribution in [2.75, 3.05) is 11.4 Å². The van der Waals surface area contributed by atoms with Gasteiger partial charge in [-0.2, -0.15) is 0 Å². The van der Waals surface area contributed by atoms with Crippen molar-refractivity contribution in [3.63, 3.8) is 0 Å². The van der Waals surface area contributed by atoms with E-state index in [2.05, 4.69) is 32.6 Å². The van der Waals surface area contributed by atoms with Crippen molar-refractivity contribution in [3.05, 3.63) is 28.3 Å². The average Bonchev–Trinajstić information content (AvgIpc) is 2.26. The third-order valence-corrected chi connectivity index (χ3v) is 4.33. The molecule has 0 radical (unpaired) electrons. The Labute approximate surface area is 119 Å². The van der Waals surface area contributed by atoms with Gasteiger partial charge in [0.15, 0.2) is 0 Å². The first-order chi connectivity index (χ1) is 8.77. The number of benzene rings is 1. The lowest BCUT2D eigenvalue weighted by Crippen LogP contribution is -2.48. The number of fused-ring (bicyclic) bond motifs is 1. The zero-order valence-corrected chi connectivity index (χ0v) is 12.6. The van der Waals surface area contributed by atoms with Crippen molar-refractivity contribution >= 4 is 23.3 Å². The van der Waals surface area contributed by atoms with Gasteiger partial charge < -0.3 is 10.0 Å². The number of aromatic carboxylic acids is 1. The molecule has 3 nitrogen and oxygen atoms in total. The number of carboxylic acids is 1. The predicted octanol–water partition coefficient (Wildman–Crippen LogP) is 4.15. The molecule has 1 heterocycles. The quantitative estimate of drug-likeness (QED) is 0.885. The molecule has 0 aromatic heterocycles. The van der Waals surface area contributed by atoms with Crippen molar-refractivity contribution in [1.82, 2.24) is 0 Å². The molecule has 19 heavy (non-hydrogen) atoms. The summed E-state index contributed by atoms with van der Waals surface area (Å²) in [6.45, 7) is 9.58. The molecular weight excluding hydrogens is 262 g/mol. The number of hydrogen-bond acceptors (Lipinski definition) is 2. The highest BCUT2D eigenvalue weighted by Crippen LogP contribution is 2.44. The number of anilines is 1. The van der Waals surface area contributed by atoms with Crippen LogP contribution < -0.4 is 4.90 Å². The molecule has 104 valence electrons. The summed E-state index contributed by atoms with van der Waals surface area (Å²) in [7, 11) is 0. The Hall–Kier alpha value is -1.22. The van der Waals surface area contributed by atoms with Gasteiger partial charge >= 0.3 is 5.97 Å². The molecule has 0 amide bonds. The van der Waals surface area contributed by atoms with Gasteiger partial charge in [0.2, 0.25) is 0 Å². The van der Waals surface area contributed by atoms with E-state index in [1.54, 1.807) is 12.1 Å². The van der Waals surface area contributed by atoms with E-state index in [-0.39, 0.29) is 11.1 Å². The third-order valence-electron chi connectivity index (χ3n) is 4.02. The fourth-order valence-electron chi connectivity index (χ4n) is 3.27. The molecule has 2 rings (SSSR count). The van der Waals surface area contributed by atoms with Crippen LogP contribution in [-0.2, 0) is 0 Å². The summed E-state index contributed by atoms with van der Waals surface area (Å²) in [5.41, 5.74) is 2.42. The highest BCUT2D eigenvalue weighted by Gasteiger charge is 2.36. The van der Waals surface area contributed by atoms with Gasteiger partial charge in [-0.3, -0.25) is 0 Å². The second kappa shape index (κ2) is 4.71. The molecule has 0 unspecified atom stereocenters. The molecule has 0 aliphatic carbocycles. The summed E-state index contributed by atoms with van der Waals surface area (Å²) in [6.07, 6.45) is 1.01. The van der Waals surface area contributed by atoms with Gasteiger partial charge in [0.05, 0.1) is 10.6 Å². The van der Waals surface area contributed by atoms with Crippen LogP contribution in [0.2, 0.25) is 5.02 Å². The van der Waals surface area contributed by atoms with E-state index in [4.69, 9.17) is 11.6 Å². The van der Waals surface area contributed by atoms with Crippen LogP contribution >= 0.6 is 11.6 Å². The maximum atomic E-state index is 11.2. The Morgan fingerprint density at radius 1 is 1.53 bits per heavy atom. The lowest BCUT2D eigenvalue weighted by Gasteiger charge is -2.47. The molecule has 0 spiro atoms. The Morgan fingerprint density at radius 3 is 2.68 bits per heavy atom. The summed E-state index contributed by atoms with van der Waals surface area (Å²) in [5.74, 6) is -0.629. The minimum Gasteiger partial charge on any atom is -0.478 e. The third kappa shape index (κ3) is 2.32. The average molecular weight is 282 g/mol. The van der Waals surface area contributed by atoms with Crippen LogP contribution in [0.5, 0.6) is 0 Å². The van der Waals surface area contributed by atoms with E-state index >= 15 is 0 Å². The Morgan fingerprint density at radius 2 is 2.16 bits per heavy atom. The lowest BCUT2D eigenvalue weighted by molar-refractivity contribution is 0.0697. The highest BCUT2D eigenvalue weighted by molar-refractivity contribution is 6.33. The molecular formula is C15H20ClNO2. The number of rotatable bonds is 2. The molecule has 0 fully saturated rings. The fourth-order valence-corrected chi connectivity index (χ4v) is 3.50. The minimum atomic E-state index is -0.965. The van der Waals surface area contributed by atoms with Crippen LogP contribution in [0, 0.1) is 0 Å². The van der Waals surface area contributed by atoms with Crippen molar-refractivity contribution in [3.8, 4) is 0 Å². The molecule has 1 N–H and O–H groups in total. The molecule has 4 heteroatoms. The van der Waals surface area contributed by atoms with Crippen molar-refractivity contribution in [2.24, 2.45) is 0 Å². The summed E-state index contributed by atoms with van der Waals surface area (Å²) in [5, 5.41) is 9.50. The van der Waals surface area contributed by atoms with Gasteiger partial charge in [-0.15, -0.1) is 0 Å². The SMILES string of the molecule is CCN1c2cc(Cl)c(C(=O)O)cc2[C@@H](C)CC1(C)C. The first-order valence-corrected chi connectivity index (χ1v) is 7.00. The zero-order chi connectivity index (χ0) is 14.4. The highest BCUT2D eigenvalue weighted by atomic mass is 35.5. The van der Waals surface area contributed by atoms with Crippen LogP contribution in [0.3, 0.4) is 0 Å². The smallest absolute Gasteiger partial charge is 0.337 e. The predicted molar refractivity (Wildman–Crippen MR) is 78.5 cm³/mol. The minimum absolute atomic E-state index is 0.0647. The largest absolute Gasteiger partial charge is 0.478 e. The first kappa shape index (κ1) is 14.2. The van der Waals surface area contributed by atoms with Gasteiger partial charge in [0.25, 0.3) is 0 Å². The van der Waals surface area contributed by atoms with Gasteiger partial charge in [0, 0.05) is 17.8 Å². The fraction of sp³-hybridized carbons (Fsp3) is 0.533. The van der Waals surface area contributed by atoms with E-state index in [0.29, 0.717) is 10.9 Å². The van der Waals surface area contributed by atoms with E-state index < -0.39 is 5.97 Å². The molecule has 1 aliphatic rings. The maximum absolute atomic E-state index is 11.2. The van der Waals surface area contributed by atoms with Crippen molar-refractivity contribution < 1.29 is 9.90 Å². The molecule has 1 aliphatic heterocycles. The van der Waals surface area contributed by atoms with Crippen LogP contribution in [0.4, 0.5) is 5.69 Å². The van der Waals surface area contributed by atoms with Crippen LogP contribution in [-0.4, -0.2) is 23.2 Å². The number of hydrogen-bond donors (Lipinski definition) is 1. The second-order valence-corrected chi connectivity index (χ2v) is 6.27. The maximum Gasteiger partial charge on any atom is 0.337 e. The molecule has 0 saturated heterocycles. The zero-order valence-electron chi connectivity index (χ0n) is 11.8. The second-order valence-electron chi connectivity index (χ2n) is 5.86. The summed E-state index contributed by atoms with van der Waals surface area (Å²) >= 11 is 6.11. The Kier molecular flexibility index (Phi) is 3.52. The van der Waals surface area contributed by atoms with Crippen molar-refractivity contribution in [1.29, 1.82) is 0 Å². The van der Waals surface area contributed by atoms with Crippen LogP contribution in [0.15, 0.2) is 12.1 Å². The molecule has 1 aromatic rings. The summed E-state index contributed by atoms with van der Waals surface area (Å²) < 4.78 is 0. The standard InChI is InChI=1S/C15H20ClNO2/c1-5-17-13-7-12(16)11(14(18)19)6-10(13)9(2)8-15(17,3)4/h6-7,9H,5,8H2,1-4H3,(H,18,19)/t9-/m0/s1. The van der Waals surface area contributed by atoms with Gasteiger partial charge in [-0.25, -0.2) is 4.79 Å². The molecule has 1 atom stereocenters. The topological polar surface area (TPSA) is 40.5 Å². The van der Waals surface area contributed by atoms with Gasteiger partial charge in [-0.05, 0) is 50.8 Å². The monoisotopic (exact) mass is 281 g/mol. The first-order valence-electron chi connectivity index (χ1n) is 6.62. The molecule has 1 aromatic carbocycles. The van der Waals surface area contributed by atoms with E-state index in [9.17, 15) is 9.90 Å². The van der Waals surface area contributed by atoms with E-state index in [1.165, 1.54) is 0 Å². The van der Waals surface area contributed by atoms with Gasteiger partial charge in [0.1, 0.15) is 0 Å². The Balaban J connectivity index is 2.63. The van der Waals surface area contributed by atoms with E-state index in [0.717, 1.165) is 24.2 Å². The van der Waals surface area contributed by atoms with E-state index in [1.807, 2.05) is 0 Å². The molecule has 0 saturated carbocycles. The normalized spacial score (nSPS) is 21.1. The number of carbonyl (C=O) groups is 1. The van der Waals surface area contributed by atoms with Crippen LogP contribution in [0.25, 0.3) is 0 Å². The van der Waals surface area contributed by atoms with Crippen LogP contribution in [0.1, 0.15) is 56.0 Å². The number of halogens is 1.